The van der Waals surface area contributed by atoms with Crippen molar-refractivity contribution in [2.75, 3.05) is 7.11 Å². The molecule has 0 N–H and O–H groups in total. The number of fused-ring (bicyclic) bond motifs is 1. The smallest absolute Gasteiger partial charge is 0.0576 e. The van der Waals surface area contributed by atoms with Gasteiger partial charge in [-0.3, -0.25) is 0 Å². The van der Waals surface area contributed by atoms with Crippen LogP contribution in [0.25, 0.3) is 0 Å². The second-order valence-corrected chi connectivity index (χ2v) is 7.81. The third-order valence-electron chi connectivity index (χ3n) is 6.34. The summed E-state index contributed by atoms with van der Waals surface area (Å²) in [5.74, 6) is 4.35. The van der Waals surface area contributed by atoms with Crippen LogP contribution in [0.5, 0.6) is 0 Å². The van der Waals surface area contributed by atoms with E-state index in [1.54, 1.807) is 0 Å². The monoisotopic (exact) mass is 252 g/mol. The Hall–Kier alpha value is -0.0400. The summed E-state index contributed by atoms with van der Waals surface area (Å²) in [4.78, 5) is 0. The van der Waals surface area contributed by atoms with Gasteiger partial charge in [0.15, 0.2) is 0 Å². The van der Waals surface area contributed by atoms with E-state index in [0.29, 0.717) is 11.5 Å². The summed E-state index contributed by atoms with van der Waals surface area (Å²) in [6.45, 7) is 12.2. The summed E-state index contributed by atoms with van der Waals surface area (Å²) < 4.78 is 5.65. The van der Waals surface area contributed by atoms with Crippen LogP contribution >= 0.6 is 0 Å². The van der Waals surface area contributed by atoms with Crippen LogP contribution in [0.2, 0.25) is 0 Å². The van der Waals surface area contributed by atoms with Crippen LogP contribution in [-0.2, 0) is 4.74 Å². The fraction of sp³-hybridized carbons (Fsp3) is 1.00. The molecule has 2 fully saturated rings. The van der Waals surface area contributed by atoms with Crippen molar-refractivity contribution in [2.45, 2.75) is 66.4 Å². The number of methoxy groups -OCH3 is 1. The average molecular weight is 252 g/mol. The zero-order valence-corrected chi connectivity index (χ0v) is 13.2. The summed E-state index contributed by atoms with van der Waals surface area (Å²) in [5, 5.41) is 0. The molecule has 5 atom stereocenters. The van der Waals surface area contributed by atoms with Gasteiger partial charge in [0.1, 0.15) is 0 Å². The van der Waals surface area contributed by atoms with E-state index >= 15 is 0 Å². The SMILES string of the molecule is COC(C)C1C(C)C2CCC(C)(C)CCC2C1C. The molecule has 0 bridgehead atoms. The predicted octanol–water partition coefficient (Wildman–Crippen LogP) is 4.76. The van der Waals surface area contributed by atoms with Crippen molar-refractivity contribution in [1.82, 2.24) is 0 Å². The molecule has 18 heavy (non-hydrogen) atoms. The summed E-state index contributed by atoms with van der Waals surface area (Å²) in [7, 11) is 1.88. The maximum absolute atomic E-state index is 5.65. The fourth-order valence-corrected chi connectivity index (χ4v) is 5.04. The molecule has 0 saturated heterocycles. The van der Waals surface area contributed by atoms with Gasteiger partial charge >= 0.3 is 0 Å². The Bertz CT molecular complexity index is 261. The molecule has 0 radical (unpaired) electrons. The normalized spacial score (nSPS) is 45.3. The highest BCUT2D eigenvalue weighted by Gasteiger charge is 2.49. The number of rotatable bonds is 2. The molecule has 0 heterocycles. The molecule has 1 nitrogen and oxygen atoms in total. The van der Waals surface area contributed by atoms with E-state index in [4.69, 9.17) is 4.74 Å². The van der Waals surface area contributed by atoms with Gasteiger partial charge < -0.3 is 4.74 Å². The Morgan fingerprint density at radius 2 is 1.44 bits per heavy atom. The highest BCUT2D eigenvalue weighted by atomic mass is 16.5. The Kier molecular flexibility index (Phi) is 4.11. The lowest BCUT2D eigenvalue weighted by Gasteiger charge is -2.29. The van der Waals surface area contributed by atoms with Gasteiger partial charge in [0, 0.05) is 7.11 Å². The zero-order chi connectivity index (χ0) is 13.5. The van der Waals surface area contributed by atoms with Crippen molar-refractivity contribution in [3.8, 4) is 0 Å². The molecule has 1 heteroatoms. The minimum absolute atomic E-state index is 0.426. The van der Waals surface area contributed by atoms with Crippen LogP contribution < -0.4 is 0 Å². The molecule has 0 aromatic heterocycles. The van der Waals surface area contributed by atoms with Gasteiger partial charge in [-0.1, -0.05) is 27.7 Å². The molecular formula is C17H32O. The Morgan fingerprint density at radius 1 is 1.00 bits per heavy atom. The highest BCUT2D eigenvalue weighted by Crippen LogP contribution is 2.55. The lowest BCUT2D eigenvalue weighted by atomic mass is 9.79. The van der Waals surface area contributed by atoms with E-state index in [-0.39, 0.29) is 0 Å². The first-order valence-electron chi connectivity index (χ1n) is 7.90. The van der Waals surface area contributed by atoms with Gasteiger partial charge in [-0.2, -0.15) is 0 Å². The Balaban J connectivity index is 2.14. The number of ether oxygens (including phenoxy) is 1. The summed E-state index contributed by atoms with van der Waals surface area (Å²) in [6, 6.07) is 0. The maximum atomic E-state index is 5.65. The molecular weight excluding hydrogens is 220 g/mol. The number of hydrogen-bond acceptors (Lipinski definition) is 1. The summed E-state index contributed by atoms with van der Waals surface area (Å²) in [5.41, 5.74) is 0.576. The first-order chi connectivity index (χ1) is 8.37. The number of hydrogen-bond donors (Lipinski definition) is 0. The third-order valence-corrected chi connectivity index (χ3v) is 6.34. The van der Waals surface area contributed by atoms with E-state index in [1.807, 2.05) is 7.11 Å². The average Bonchev–Trinajstić information content (AvgIpc) is 2.45. The van der Waals surface area contributed by atoms with Crippen LogP contribution in [0.4, 0.5) is 0 Å². The standard InChI is InChI=1S/C17H32O/c1-11-14-7-9-17(4,5)10-8-15(14)12(2)16(11)13(3)18-6/h11-16H,7-10H2,1-6H3. The van der Waals surface area contributed by atoms with Crippen molar-refractivity contribution < 1.29 is 4.74 Å². The van der Waals surface area contributed by atoms with E-state index in [0.717, 1.165) is 29.6 Å². The molecule has 2 rings (SSSR count). The molecule has 0 aliphatic heterocycles. The second kappa shape index (κ2) is 5.15. The molecule has 5 unspecified atom stereocenters. The first-order valence-corrected chi connectivity index (χ1v) is 7.90. The molecule has 2 saturated carbocycles. The molecule has 2 aliphatic carbocycles. The molecule has 0 amide bonds. The molecule has 0 aromatic carbocycles. The van der Waals surface area contributed by atoms with E-state index < -0.39 is 0 Å². The Labute approximate surface area is 114 Å². The molecule has 0 aromatic rings. The molecule has 0 spiro atoms. The van der Waals surface area contributed by atoms with Crippen molar-refractivity contribution in [3.63, 3.8) is 0 Å². The van der Waals surface area contributed by atoms with Gasteiger partial charge in [0.05, 0.1) is 6.10 Å². The van der Waals surface area contributed by atoms with Gasteiger partial charge in [-0.05, 0) is 67.6 Å². The maximum Gasteiger partial charge on any atom is 0.0576 e. The highest BCUT2D eigenvalue weighted by molar-refractivity contribution is 4.98. The summed E-state index contributed by atoms with van der Waals surface area (Å²) >= 11 is 0. The van der Waals surface area contributed by atoms with Crippen LogP contribution in [-0.4, -0.2) is 13.2 Å². The van der Waals surface area contributed by atoms with Crippen molar-refractivity contribution in [3.05, 3.63) is 0 Å². The zero-order valence-electron chi connectivity index (χ0n) is 13.2. The summed E-state index contributed by atoms with van der Waals surface area (Å²) in [6.07, 6.45) is 6.14. The lowest BCUT2D eigenvalue weighted by Crippen LogP contribution is -2.28. The lowest BCUT2D eigenvalue weighted by molar-refractivity contribution is 0.0307. The second-order valence-electron chi connectivity index (χ2n) is 7.81. The third kappa shape index (κ3) is 2.48. The largest absolute Gasteiger partial charge is 0.381 e. The molecule has 2 aliphatic rings. The van der Waals surface area contributed by atoms with Crippen molar-refractivity contribution >= 4 is 0 Å². The minimum Gasteiger partial charge on any atom is -0.381 e. The van der Waals surface area contributed by atoms with E-state index in [2.05, 4.69) is 34.6 Å². The van der Waals surface area contributed by atoms with Gasteiger partial charge in [0.2, 0.25) is 0 Å². The van der Waals surface area contributed by atoms with Gasteiger partial charge in [-0.15, -0.1) is 0 Å². The van der Waals surface area contributed by atoms with Crippen molar-refractivity contribution in [2.24, 2.45) is 35.0 Å². The van der Waals surface area contributed by atoms with Gasteiger partial charge in [0.25, 0.3) is 0 Å². The minimum atomic E-state index is 0.426. The van der Waals surface area contributed by atoms with Gasteiger partial charge in [-0.25, -0.2) is 0 Å². The van der Waals surface area contributed by atoms with Crippen LogP contribution in [0.1, 0.15) is 60.3 Å². The van der Waals surface area contributed by atoms with Crippen LogP contribution in [0, 0.1) is 35.0 Å². The van der Waals surface area contributed by atoms with Crippen molar-refractivity contribution in [1.29, 1.82) is 0 Å². The fourth-order valence-electron chi connectivity index (χ4n) is 5.04. The van der Waals surface area contributed by atoms with Crippen LogP contribution in [0.15, 0.2) is 0 Å². The molecule has 106 valence electrons. The quantitative estimate of drug-likeness (QED) is 0.688. The topological polar surface area (TPSA) is 9.23 Å². The van der Waals surface area contributed by atoms with E-state index in [1.165, 1.54) is 25.7 Å². The predicted molar refractivity (Wildman–Crippen MR) is 77.5 cm³/mol. The van der Waals surface area contributed by atoms with Crippen LogP contribution in [0.3, 0.4) is 0 Å². The Morgan fingerprint density at radius 3 is 1.83 bits per heavy atom. The first kappa shape index (κ1) is 14.4. The van der Waals surface area contributed by atoms with E-state index in [9.17, 15) is 0 Å².